The molecule has 1 heterocycles. The maximum Gasteiger partial charge on any atom is 0.123 e. The fraction of sp³-hybridized carbons (Fsp3) is 0.167. The Morgan fingerprint density at radius 3 is 2.75 bits per heavy atom. The molecule has 6 heteroatoms. The second-order valence-electron chi connectivity index (χ2n) is 5.55. The van der Waals surface area contributed by atoms with Crippen molar-refractivity contribution in [2.24, 2.45) is 7.05 Å². The van der Waals surface area contributed by atoms with E-state index in [9.17, 15) is 9.50 Å². The van der Waals surface area contributed by atoms with Gasteiger partial charge in [0.1, 0.15) is 5.82 Å². The summed E-state index contributed by atoms with van der Waals surface area (Å²) >= 11 is 6.27. The van der Waals surface area contributed by atoms with Crippen molar-refractivity contribution in [3.05, 3.63) is 82.4 Å². The third kappa shape index (κ3) is 3.58. The van der Waals surface area contributed by atoms with E-state index in [1.165, 1.54) is 12.1 Å². The van der Waals surface area contributed by atoms with Crippen molar-refractivity contribution in [1.29, 1.82) is 0 Å². The molecule has 0 aliphatic rings. The maximum absolute atomic E-state index is 13.7. The average Bonchev–Trinajstić information content (AvgIpc) is 3.00. The number of aryl methyl sites for hydroxylation is 1. The summed E-state index contributed by atoms with van der Waals surface area (Å²) in [7, 11) is 1.82. The number of anilines is 1. The molecule has 2 N–H and O–H groups in total. The third-order valence-corrected chi connectivity index (χ3v) is 4.08. The van der Waals surface area contributed by atoms with Gasteiger partial charge in [0.15, 0.2) is 0 Å². The van der Waals surface area contributed by atoms with Crippen molar-refractivity contribution in [2.45, 2.75) is 12.6 Å². The van der Waals surface area contributed by atoms with Crippen molar-refractivity contribution in [2.75, 3.05) is 5.32 Å². The third-order valence-electron chi connectivity index (χ3n) is 3.75. The van der Waals surface area contributed by atoms with Crippen molar-refractivity contribution in [3.63, 3.8) is 0 Å². The second kappa shape index (κ2) is 7.03. The van der Waals surface area contributed by atoms with E-state index in [4.69, 9.17) is 11.6 Å². The first kappa shape index (κ1) is 16.5. The summed E-state index contributed by atoms with van der Waals surface area (Å²) in [5, 5.41) is 17.4. The van der Waals surface area contributed by atoms with Crippen LogP contribution in [0.1, 0.15) is 22.7 Å². The first-order valence-corrected chi connectivity index (χ1v) is 7.84. The largest absolute Gasteiger partial charge is 0.392 e. The first-order chi connectivity index (χ1) is 11.6. The number of nitrogens with zero attached hydrogens (tertiary/aromatic N) is 2. The predicted octanol–water partition coefficient (Wildman–Crippen LogP) is 3.91. The molecular weight excluding hydrogens is 329 g/mol. The van der Waals surface area contributed by atoms with Crippen LogP contribution in [-0.2, 0) is 13.7 Å². The molecule has 1 atom stereocenters. The van der Waals surface area contributed by atoms with Gasteiger partial charge >= 0.3 is 0 Å². The van der Waals surface area contributed by atoms with Crippen LogP contribution in [0.15, 0.2) is 54.9 Å². The van der Waals surface area contributed by atoms with Crippen LogP contribution in [0.3, 0.4) is 0 Å². The highest BCUT2D eigenvalue weighted by atomic mass is 35.5. The fourth-order valence-corrected chi connectivity index (χ4v) is 2.74. The molecule has 0 aliphatic heterocycles. The van der Waals surface area contributed by atoms with Crippen LogP contribution in [0.5, 0.6) is 0 Å². The molecule has 0 amide bonds. The van der Waals surface area contributed by atoms with E-state index in [1.807, 2.05) is 19.3 Å². The Kier molecular flexibility index (Phi) is 4.83. The molecule has 4 nitrogen and oxygen atoms in total. The van der Waals surface area contributed by atoms with E-state index in [2.05, 4.69) is 10.4 Å². The summed E-state index contributed by atoms with van der Waals surface area (Å²) in [4.78, 5) is 0. The van der Waals surface area contributed by atoms with Gasteiger partial charge in [-0.15, -0.1) is 0 Å². The zero-order valence-electron chi connectivity index (χ0n) is 13.1. The van der Waals surface area contributed by atoms with Crippen molar-refractivity contribution in [1.82, 2.24) is 9.78 Å². The van der Waals surface area contributed by atoms with Gasteiger partial charge in [0.25, 0.3) is 0 Å². The summed E-state index contributed by atoms with van der Waals surface area (Å²) in [6, 6.07) is 11.3. The van der Waals surface area contributed by atoms with Crippen molar-refractivity contribution in [3.8, 4) is 0 Å². The number of aliphatic hydroxyl groups excluding tert-OH is 1. The molecule has 0 saturated heterocycles. The molecule has 1 unspecified atom stereocenters. The van der Waals surface area contributed by atoms with Crippen LogP contribution in [0.25, 0.3) is 0 Å². The van der Waals surface area contributed by atoms with E-state index >= 15 is 0 Å². The average molecular weight is 346 g/mol. The fourth-order valence-electron chi connectivity index (χ4n) is 2.57. The van der Waals surface area contributed by atoms with Gasteiger partial charge in [-0.2, -0.15) is 5.10 Å². The number of nitrogens with one attached hydrogen (secondary N) is 1. The van der Waals surface area contributed by atoms with Crippen molar-refractivity contribution >= 4 is 17.3 Å². The number of aromatic nitrogens is 2. The summed E-state index contributed by atoms with van der Waals surface area (Å²) in [5.74, 6) is -0.307. The van der Waals surface area contributed by atoms with Gasteiger partial charge in [0.2, 0.25) is 0 Å². The number of benzene rings is 2. The zero-order valence-corrected chi connectivity index (χ0v) is 13.8. The Hall–Kier alpha value is -2.37. The highest BCUT2D eigenvalue weighted by Gasteiger charge is 2.18. The topological polar surface area (TPSA) is 50.1 Å². The predicted molar refractivity (Wildman–Crippen MR) is 92.4 cm³/mol. The molecule has 2 aromatic carbocycles. The summed E-state index contributed by atoms with van der Waals surface area (Å²) < 4.78 is 15.4. The molecule has 0 spiro atoms. The highest BCUT2D eigenvalue weighted by Crippen LogP contribution is 2.31. The number of aliphatic hydroxyl groups is 1. The molecule has 1 aromatic heterocycles. The van der Waals surface area contributed by atoms with Crippen LogP contribution in [-0.4, -0.2) is 14.9 Å². The number of rotatable bonds is 5. The smallest absolute Gasteiger partial charge is 0.123 e. The SMILES string of the molecule is Cn1cc(C(Nc2cc(CO)ccc2Cl)c2cccc(F)c2)cn1. The Labute approximate surface area is 144 Å². The van der Waals surface area contributed by atoms with Crippen LogP contribution < -0.4 is 5.32 Å². The molecule has 24 heavy (non-hydrogen) atoms. The minimum atomic E-state index is -0.319. The molecule has 0 saturated carbocycles. The van der Waals surface area contributed by atoms with Crippen molar-refractivity contribution < 1.29 is 9.50 Å². The quantitative estimate of drug-likeness (QED) is 0.737. The van der Waals surface area contributed by atoms with Gasteiger partial charge in [-0.25, -0.2) is 4.39 Å². The molecular formula is C18H17ClFN3O. The first-order valence-electron chi connectivity index (χ1n) is 7.46. The van der Waals surface area contributed by atoms with E-state index in [1.54, 1.807) is 35.1 Å². The van der Waals surface area contributed by atoms with Gasteiger partial charge in [-0.05, 0) is 35.4 Å². The highest BCUT2D eigenvalue weighted by molar-refractivity contribution is 6.33. The van der Waals surface area contributed by atoms with Crippen LogP contribution in [0, 0.1) is 5.82 Å². The summed E-state index contributed by atoms with van der Waals surface area (Å²) in [5.41, 5.74) is 3.05. The van der Waals surface area contributed by atoms with E-state index in [-0.39, 0.29) is 18.5 Å². The summed E-state index contributed by atoms with van der Waals surface area (Å²) in [6.45, 7) is -0.0800. The molecule has 3 aromatic rings. The Bertz CT molecular complexity index is 850. The van der Waals surface area contributed by atoms with E-state index in [0.29, 0.717) is 10.7 Å². The van der Waals surface area contributed by atoms with Gasteiger partial charge < -0.3 is 10.4 Å². The summed E-state index contributed by atoms with van der Waals surface area (Å²) in [6.07, 6.45) is 3.60. The zero-order chi connectivity index (χ0) is 17.1. The van der Waals surface area contributed by atoms with E-state index in [0.717, 1.165) is 16.7 Å². The minimum absolute atomic E-state index is 0.0800. The monoisotopic (exact) mass is 345 g/mol. The maximum atomic E-state index is 13.7. The van der Waals surface area contributed by atoms with Crippen LogP contribution in [0.4, 0.5) is 10.1 Å². The lowest BCUT2D eigenvalue weighted by molar-refractivity contribution is 0.282. The Balaban J connectivity index is 2.02. The molecule has 0 fully saturated rings. The molecule has 0 bridgehead atoms. The second-order valence-corrected chi connectivity index (χ2v) is 5.96. The van der Waals surface area contributed by atoms with E-state index < -0.39 is 0 Å². The number of halogens is 2. The Morgan fingerprint density at radius 2 is 2.08 bits per heavy atom. The Morgan fingerprint density at radius 1 is 1.25 bits per heavy atom. The lowest BCUT2D eigenvalue weighted by atomic mass is 10.0. The van der Waals surface area contributed by atoms with Gasteiger partial charge in [0, 0.05) is 18.8 Å². The molecule has 0 aliphatic carbocycles. The van der Waals surface area contributed by atoms with Crippen LogP contribution in [0.2, 0.25) is 5.02 Å². The van der Waals surface area contributed by atoms with Gasteiger partial charge in [-0.1, -0.05) is 29.8 Å². The lowest BCUT2D eigenvalue weighted by Gasteiger charge is -2.21. The standard InChI is InChI=1S/C18H17ClFN3O/c1-23-10-14(9-21-23)18(13-3-2-4-15(20)8-13)22-17-7-12(11-24)5-6-16(17)19/h2-10,18,22,24H,11H2,1H3. The molecule has 3 rings (SSSR count). The minimum Gasteiger partial charge on any atom is -0.392 e. The normalized spacial score (nSPS) is 12.2. The lowest BCUT2D eigenvalue weighted by Crippen LogP contribution is -2.12. The molecule has 0 radical (unpaired) electrons. The number of hydrogen-bond donors (Lipinski definition) is 2. The van der Waals surface area contributed by atoms with Crippen LogP contribution >= 0.6 is 11.6 Å². The van der Waals surface area contributed by atoms with Gasteiger partial charge in [0.05, 0.1) is 29.6 Å². The number of hydrogen-bond acceptors (Lipinski definition) is 3. The van der Waals surface area contributed by atoms with Gasteiger partial charge in [-0.3, -0.25) is 4.68 Å². The molecule has 124 valence electrons.